The van der Waals surface area contributed by atoms with Crippen molar-refractivity contribution >= 4 is 31.4 Å². The molecule has 5 nitrogen and oxygen atoms in total. The molecule has 0 amide bonds. The number of hydrogen-bond acceptors (Lipinski definition) is 4. The lowest BCUT2D eigenvalue weighted by Crippen LogP contribution is -2.58. The number of hydrogen-bond donors (Lipinski definition) is 0. The summed E-state index contributed by atoms with van der Waals surface area (Å²) in [7, 11) is -1.65. The minimum atomic E-state index is -3.56. The van der Waals surface area contributed by atoms with Crippen molar-refractivity contribution in [2.45, 2.75) is 24.8 Å². The van der Waals surface area contributed by atoms with E-state index in [0.717, 1.165) is 15.9 Å². The van der Waals surface area contributed by atoms with Gasteiger partial charge >= 0.3 is 0 Å². The first-order valence-corrected chi connectivity index (χ1v) is 10.1. The molecule has 7 heteroatoms. The molecule has 1 aliphatic rings. The maximum absolute atomic E-state index is 13.3. The van der Waals surface area contributed by atoms with Gasteiger partial charge in [-0.05, 0) is 6.07 Å². The highest BCUT2D eigenvalue weighted by Gasteiger charge is 2.54. The second-order valence-electron chi connectivity index (χ2n) is 6.93. The summed E-state index contributed by atoms with van der Waals surface area (Å²) in [4.78, 5) is 4.80. The molecular formula is C17H19N3O2S2. The van der Waals surface area contributed by atoms with Crippen LogP contribution in [0.25, 0.3) is 10.1 Å². The number of nitrogens with zero attached hydrogens (tertiary/aromatic N) is 3. The van der Waals surface area contributed by atoms with Gasteiger partial charge in [-0.15, -0.1) is 11.3 Å². The number of benzene rings is 1. The Bertz CT molecular complexity index is 1020. The van der Waals surface area contributed by atoms with Gasteiger partial charge in [0, 0.05) is 46.9 Å². The summed E-state index contributed by atoms with van der Waals surface area (Å²) in [6.07, 6.45) is 3.57. The van der Waals surface area contributed by atoms with Crippen LogP contribution in [0.2, 0.25) is 0 Å². The van der Waals surface area contributed by atoms with E-state index < -0.39 is 10.0 Å². The van der Waals surface area contributed by atoms with E-state index in [4.69, 9.17) is 0 Å². The largest absolute Gasteiger partial charge is 0.337 e. The van der Waals surface area contributed by atoms with Crippen molar-refractivity contribution in [2.24, 2.45) is 12.5 Å². The number of thiophene rings is 1. The van der Waals surface area contributed by atoms with Gasteiger partial charge in [0.05, 0.1) is 6.04 Å². The molecule has 0 saturated carbocycles. The smallest absolute Gasteiger partial charge is 0.245 e. The summed E-state index contributed by atoms with van der Waals surface area (Å²) in [5, 5.41) is 2.55. The van der Waals surface area contributed by atoms with Crippen LogP contribution in [0, 0.1) is 5.41 Å². The van der Waals surface area contributed by atoms with Gasteiger partial charge in [0.1, 0.15) is 10.7 Å². The average Bonchev–Trinajstić information content (AvgIpc) is 3.12. The van der Waals surface area contributed by atoms with Gasteiger partial charge in [-0.2, -0.15) is 4.31 Å². The molecule has 1 unspecified atom stereocenters. The number of imidazole rings is 1. The average molecular weight is 361 g/mol. The first-order chi connectivity index (χ1) is 11.3. The molecule has 0 aliphatic carbocycles. The van der Waals surface area contributed by atoms with Crippen molar-refractivity contribution in [3.8, 4) is 0 Å². The standard InChI is InChI=1S/C17H19N3O2S2/c1-17(2)11-20(15(17)16-18-8-9-19(16)3)24(21,22)14-10-23-13-7-5-4-6-12(13)14/h4-10,15H,11H2,1-3H3. The molecule has 126 valence electrons. The van der Waals surface area contributed by atoms with Gasteiger partial charge in [0.15, 0.2) is 0 Å². The lowest BCUT2D eigenvalue weighted by Gasteiger charge is -2.52. The molecule has 1 fully saturated rings. The number of sulfonamides is 1. The van der Waals surface area contributed by atoms with Gasteiger partial charge in [-0.25, -0.2) is 13.4 Å². The highest BCUT2D eigenvalue weighted by Crippen LogP contribution is 2.51. The Kier molecular flexibility index (Phi) is 3.39. The Hall–Kier alpha value is -1.70. The van der Waals surface area contributed by atoms with Gasteiger partial charge in [0.2, 0.25) is 10.0 Å². The van der Waals surface area contributed by atoms with E-state index in [1.807, 2.05) is 42.1 Å². The molecular weight excluding hydrogens is 342 g/mol. The fourth-order valence-corrected chi connectivity index (χ4v) is 6.87. The van der Waals surface area contributed by atoms with Crippen molar-refractivity contribution in [3.63, 3.8) is 0 Å². The zero-order valence-electron chi connectivity index (χ0n) is 13.8. The highest BCUT2D eigenvalue weighted by molar-refractivity contribution is 7.89. The molecule has 24 heavy (non-hydrogen) atoms. The number of rotatable bonds is 3. The van der Waals surface area contributed by atoms with Crippen LogP contribution in [-0.2, 0) is 17.1 Å². The molecule has 0 N–H and O–H groups in total. The number of fused-ring (bicyclic) bond motifs is 1. The third kappa shape index (κ3) is 2.15. The van der Waals surface area contributed by atoms with Gasteiger partial charge in [-0.1, -0.05) is 32.0 Å². The second-order valence-corrected chi connectivity index (χ2v) is 9.70. The molecule has 3 aromatic rings. The van der Waals surface area contributed by atoms with Gasteiger partial charge < -0.3 is 4.57 Å². The topological polar surface area (TPSA) is 55.2 Å². The van der Waals surface area contributed by atoms with Crippen LogP contribution in [0.1, 0.15) is 25.7 Å². The monoisotopic (exact) mass is 361 g/mol. The van der Waals surface area contributed by atoms with Crippen molar-refractivity contribution < 1.29 is 8.42 Å². The summed E-state index contributed by atoms with van der Waals surface area (Å²) < 4.78 is 31.1. The lowest BCUT2D eigenvalue weighted by atomic mass is 9.76. The molecule has 1 atom stereocenters. The van der Waals surface area contributed by atoms with E-state index in [9.17, 15) is 8.42 Å². The minimum absolute atomic E-state index is 0.141. The van der Waals surface area contributed by atoms with Crippen LogP contribution in [0.4, 0.5) is 0 Å². The Morgan fingerprint density at radius 3 is 2.71 bits per heavy atom. The SMILES string of the molecule is Cn1ccnc1C1N(S(=O)(=O)c2csc3ccccc23)CC1(C)C. The highest BCUT2D eigenvalue weighted by atomic mass is 32.2. The molecule has 0 radical (unpaired) electrons. The molecule has 4 rings (SSSR count). The molecule has 1 saturated heterocycles. The lowest BCUT2D eigenvalue weighted by molar-refractivity contribution is 0.0121. The van der Waals surface area contributed by atoms with Crippen molar-refractivity contribution in [1.29, 1.82) is 0 Å². The van der Waals surface area contributed by atoms with E-state index >= 15 is 0 Å². The summed E-state index contributed by atoms with van der Waals surface area (Å²) in [5.74, 6) is 0.786. The van der Waals surface area contributed by atoms with Crippen LogP contribution in [0.3, 0.4) is 0 Å². The third-order valence-electron chi connectivity index (χ3n) is 4.73. The Morgan fingerprint density at radius 1 is 1.29 bits per heavy atom. The molecule has 0 bridgehead atoms. The predicted molar refractivity (Wildman–Crippen MR) is 95.4 cm³/mol. The van der Waals surface area contributed by atoms with Crippen LogP contribution in [0.5, 0.6) is 0 Å². The molecule has 3 heterocycles. The zero-order valence-corrected chi connectivity index (χ0v) is 15.4. The van der Waals surface area contributed by atoms with E-state index in [1.165, 1.54) is 11.3 Å². The molecule has 1 aromatic carbocycles. The quantitative estimate of drug-likeness (QED) is 0.718. The van der Waals surface area contributed by atoms with Crippen LogP contribution in [-0.4, -0.2) is 28.8 Å². The maximum Gasteiger partial charge on any atom is 0.245 e. The van der Waals surface area contributed by atoms with Crippen LogP contribution < -0.4 is 0 Å². The third-order valence-corrected chi connectivity index (χ3v) is 7.69. The van der Waals surface area contributed by atoms with Crippen molar-refractivity contribution in [1.82, 2.24) is 13.9 Å². The van der Waals surface area contributed by atoms with Crippen molar-refractivity contribution in [2.75, 3.05) is 6.54 Å². The van der Waals surface area contributed by atoms with E-state index in [2.05, 4.69) is 18.8 Å². The van der Waals surface area contributed by atoms with Crippen LogP contribution in [0.15, 0.2) is 46.9 Å². The predicted octanol–water partition coefficient (Wildman–Crippen LogP) is 3.41. The zero-order chi connectivity index (χ0) is 17.1. The number of aromatic nitrogens is 2. The van der Waals surface area contributed by atoms with Gasteiger partial charge in [-0.3, -0.25) is 0 Å². The van der Waals surface area contributed by atoms with Crippen molar-refractivity contribution in [3.05, 3.63) is 47.9 Å². The molecule has 0 spiro atoms. The summed E-state index contributed by atoms with van der Waals surface area (Å²) in [6, 6.07) is 7.39. The number of aryl methyl sites for hydroxylation is 1. The maximum atomic E-state index is 13.3. The first kappa shape index (κ1) is 15.8. The Balaban J connectivity index is 1.81. The molecule has 1 aliphatic heterocycles. The normalized spacial score (nSPS) is 21.0. The fraction of sp³-hybridized carbons (Fsp3) is 0.353. The summed E-state index contributed by atoms with van der Waals surface area (Å²) >= 11 is 1.47. The summed E-state index contributed by atoms with van der Waals surface area (Å²) in [5.41, 5.74) is -0.141. The first-order valence-electron chi connectivity index (χ1n) is 7.78. The minimum Gasteiger partial charge on any atom is -0.337 e. The van der Waals surface area contributed by atoms with E-state index in [0.29, 0.717) is 11.4 Å². The fourth-order valence-electron chi connectivity index (χ4n) is 3.48. The summed E-state index contributed by atoms with van der Waals surface area (Å²) in [6.45, 7) is 4.67. The van der Waals surface area contributed by atoms with Crippen LogP contribution >= 0.6 is 11.3 Å². The Labute approximate surface area is 145 Å². The van der Waals surface area contributed by atoms with Gasteiger partial charge in [0.25, 0.3) is 0 Å². The molecule has 2 aromatic heterocycles. The Morgan fingerprint density at radius 2 is 2.04 bits per heavy atom. The second kappa shape index (κ2) is 5.15. The van der Waals surface area contributed by atoms with E-state index in [-0.39, 0.29) is 11.5 Å². The van der Waals surface area contributed by atoms with E-state index in [1.54, 1.807) is 15.9 Å².